The van der Waals surface area contributed by atoms with Gasteiger partial charge in [-0.2, -0.15) is 8.78 Å². The van der Waals surface area contributed by atoms with Crippen LogP contribution in [0.4, 0.5) is 20.3 Å². The van der Waals surface area contributed by atoms with Crippen LogP contribution in [0.3, 0.4) is 0 Å². The molecule has 0 aliphatic carbocycles. The zero-order valence-electron chi connectivity index (χ0n) is 6.80. The van der Waals surface area contributed by atoms with Gasteiger partial charge in [0.25, 0.3) is 5.91 Å². The molecule has 4 nitrogen and oxygen atoms in total. The molecular formula is C7H6ClF2N3O. The first-order valence-electron chi connectivity index (χ1n) is 3.50. The molecule has 0 radical (unpaired) electrons. The summed E-state index contributed by atoms with van der Waals surface area (Å²) in [7, 11) is 0. The van der Waals surface area contributed by atoms with Crippen molar-refractivity contribution in [1.29, 1.82) is 0 Å². The molecule has 1 aromatic rings. The molecule has 14 heavy (non-hydrogen) atoms. The maximum atomic E-state index is 11.8. The van der Waals surface area contributed by atoms with Crippen LogP contribution in [-0.2, 0) is 4.79 Å². The molecule has 0 bridgehead atoms. The molecule has 76 valence electrons. The lowest BCUT2D eigenvalue weighted by Crippen LogP contribution is -2.21. The third-order valence-electron chi connectivity index (χ3n) is 1.34. The summed E-state index contributed by atoms with van der Waals surface area (Å²) in [5.74, 6) is -1.51. The van der Waals surface area contributed by atoms with Gasteiger partial charge in [0.15, 0.2) is 0 Å². The van der Waals surface area contributed by atoms with Gasteiger partial charge in [-0.3, -0.25) is 4.79 Å². The van der Waals surface area contributed by atoms with Crippen LogP contribution in [0.25, 0.3) is 0 Å². The summed E-state index contributed by atoms with van der Waals surface area (Å²) in [5.41, 5.74) is 5.28. The van der Waals surface area contributed by atoms with Crippen molar-refractivity contribution in [3.05, 3.63) is 17.3 Å². The van der Waals surface area contributed by atoms with Gasteiger partial charge >= 0.3 is 6.43 Å². The van der Waals surface area contributed by atoms with Gasteiger partial charge in [0.1, 0.15) is 5.82 Å². The van der Waals surface area contributed by atoms with Gasteiger partial charge in [0.2, 0.25) is 0 Å². The molecule has 0 unspecified atom stereocenters. The van der Waals surface area contributed by atoms with Crippen molar-refractivity contribution < 1.29 is 13.6 Å². The van der Waals surface area contributed by atoms with Gasteiger partial charge in [0.05, 0.1) is 10.7 Å². The molecule has 0 atom stereocenters. The van der Waals surface area contributed by atoms with E-state index in [0.717, 1.165) is 0 Å². The Kier molecular flexibility index (Phi) is 3.19. The van der Waals surface area contributed by atoms with Gasteiger partial charge < -0.3 is 11.1 Å². The molecule has 1 amide bonds. The Bertz CT molecular complexity index is 359. The molecule has 0 fully saturated rings. The summed E-state index contributed by atoms with van der Waals surface area (Å²) in [5, 5.41) is 2.09. The summed E-state index contributed by atoms with van der Waals surface area (Å²) < 4.78 is 23.7. The molecule has 0 aliphatic heterocycles. The number of halogens is 3. The minimum atomic E-state index is -3.10. The fourth-order valence-electron chi connectivity index (χ4n) is 0.737. The number of pyridine rings is 1. The van der Waals surface area contributed by atoms with Crippen molar-refractivity contribution >= 4 is 29.0 Å². The number of amides is 1. The van der Waals surface area contributed by atoms with Crippen LogP contribution in [0.15, 0.2) is 12.3 Å². The summed E-state index contributed by atoms with van der Waals surface area (Å²) in [6, 6.07) is 1.24. The first-order valence-corrected chi connectivity index (χ1v) is 3.88. The molecule has 1 aromatic heterocycles. The average Bonchev–Trinajstić information content (AvgIpc) is 2.11. The predicted octanol–water partition coefficient (Wildman–Crippen LogP) is 1.52. The predicted molar refractivity (Wildman–Crippen MR) is 48.3 cm³/mol. The minimum absolute atomic E-state index is 0.0252. The van der Waals surface area contributed by atoms with Crippen molar-refractivity contribution in [1.82, 2.24) is 4.98 Å². The monoisotopic (exact) mass is 221 g/mol. The first kappa shape index (κ1) is 10.6. The third kappa shape index (κ3) is 2.53. The number of hydrogen-bond acceptors (Lipinski definition) is 3. The quantitative estimate of drug-likeness (QED) is 0.796. The van der Waals surface area contributed by atoms with Crippen molar-refractivity contribution in [3.63, 3.8) is 0 Å². The zero-order chi connectivity index (χ0) is 10.7. The molecule has 0 spiro atoms. The highest BCUT2D eigenvalue weighted by atomic mass is 35.5. The van der Waals surface area contributed by atoms with E-state index in [0.29, 0.717) is 0 Å². The van der Waals surface area contributed by atoms with Crippen LogP contribution < -0.4 is 11.1 Å². The van der Waals surface area contributed by atoms with Gasteiger partial charge in [-0.25, -0.2) is 4.98 Å². The Labute approximate surface area is 83.1 Å². The Morgan fingerprint density at radius 3 is 2.86 bits per heavy atom. The van der Waals surface area contributed by atoms with E-state index in [1.165, 1.54) is 12.3 Å². The summed E-state index contributed by atoms with van der Waals surface area (Å²) >= 11 is 5.52. The molecule has 0 aromatic carbocycles. The normalized spacial score (nSPS) is 10.3. The second-order valence-electron chi connectivity index (χ2n) is 2.38. The molecule has 0 saturated heterocycles. The minimum Gasteiger partial charge on any atom is -0.382 e. The van der Waals surface area contributed by atoms with E-state index < -0.39 is 12.3 Å². The third-order valence-corrected chi connectivity index (χ3v) is 1.55. The number of hydrogen-bond donors (Lipinski definition) is 2. The Morgan fingerprint density at radius 2 is 2.29 bits per heavy atom. The maximum absolute atomic E-state index is 11.8. The number of alkyl halides is 2. The Balaban J connectivity index is 2.86. The van der Waals surface area contributed by atoms with E-state index in [9.17, 15) is 13.6 Å². The van der Waals surface area contributed by atoms with Crippen LogP contribution in [-0.4, -0.2) is 17.3 Å². The van der Waals surface area contributed by atoms with Crippen LogP contribution in [0.5, 0.6) is 0 Å². The lowest BCUT2D eigenvalue weighted by atomic mass is 10.4. The molecular weight excluding hydrogens is 216 g/mol. The second-order valence-corrected chi connectivity index (χ2v) is 2.81. The summed E-state index contributed by atoms with van der Waals surface area (Å²) in [4.78, 5) is 14.2. The number of anilines is 2. The van der Waals surface area contributed by atoms with E-state index >= 15 is 0 Å². The lowest BCUT2D eigenvalue weighted by molar-refractivity contribution is -0.126. The van der Waals surface area contributed by atoms with E-state index in [4.69, 9.17) is 17.3 Å². The zero-order valence-corrected chi connectivity index (χ0v) is 7.55. The van der Waals surface area contributed by atoms with Crippen molar-refractivity contribution in [3.8, 4) is 0 Å². The maximum Gasteiger partial charge on any atom is 0.315 e. The fraction of sp³-hybridized carbons (Fsp3) is 0.143. The Hall–Kier alpha value is -1.43. The van der Waals surface area contributed by atoms with Crippen molar-refractivity contribution in [2.24, 2.45) is 0 Å². The van der Waals surface area contributed by atoms with Gasteiger partial charge in [-0.15, -0.1) is 0 Å². The fourth-order valence-corrected chi connectivity index (χ4v) is 0.895. The molecule has 1 rings (SSSR count). The number of aromatic nitrogens is 1. The SMILES string of the molecule is Nc1ncc(Cl)cc1NC(=O)C(F)F. The number of rotatable bonds is 2. The van der Waals surface area contributed by atoms with Crippen molar-refractivity contribution in [2.45, 2.75) is 6.43 Å². The number of nitrogens with two attached hydrogens (primary N) is 1. The smallest absolute Gasteiger partial charge is 0.315 e. The Morgan fingerprint density at radius 1 is 1.64 bits per heavy atom. The van der Waals surface area contributed by atoms with E-state index in [1.54, 1.807) is 0 Å². The topological polar surface area (TPSA) is 68.0 Å². The van der Waals surface area contributed by atoms with Gasteiger partial charge in [-0.05, 0) is 6.07 Å². The molecule has 0 aliphatic rings. The molecule has 0 saturated carbocycles. The number of nitrogen functional groups attached to an aromatic ring is 1. The van der Waals surface area contributed by atoms with Gasteiger partial charge in [-0.1, -0.05) is 11.6 Å². The van der Waals surface area contributed by atoms with Crippen LogP contribution in [0, 0.1) is 0 Å². The highest BCUT2D eigenvalue weighted by Crippen LogP contribution is 2.20. The van der Waals surface area contributed by atoms with E-state index in [-0.39, 0.29) is 16.5 Å². The standard InChI is InChI=1S/C7H6ClF2N3O/c8-3-1-4(6(11)12-2-3)13-7(14)5(9)10/h1-2,5H,(H2,11,12)(H,13,14). The molecule has 7 heteroatoms. The highest BCUT2D eigenvalue weighted by molar-refractivity contribution is 6.30. The number of nitrogens with zero attached hydrogens (tertiary/aromatic N) is 1. The second kappa shape index (κ2) is 4.19. The number of carbonyl (C=O) groups excluding carboxylic acids is 1. The molecule has 1 heterocycles. The first-order chi connectivity index (χ1) is 6.50. The van der Waals surface area contributed by atoms with Crippen LogP contribution >= 0.6 is 11.6 Å². The average molecular weight is 222 g/mol. The lowest BCUT2D eigenvalue weighted by Gasteiger charge is -2.06. The van der Waals surface area contributed by atoms with Crippen LogP contribution in [0.2, 0.25) is 5.02 Å². The number of carbonyl (C=O) groups is 1. The largest absolute Gasteiger partial charge is 0.382 e. The number of nitrogens with one attached hydrogen (secondary N) is 1. The van der Waals surface area contributed by atoms with E-state index in [1.807, 2.05) is 5.32 Å². The molecule has 3 N–H and O–H groups in total. The van der Waals surface area contributed by atoms with Gasteiger partial charge in [0, 0.05) is 6.20 Å². The van der Waals surface area contributed by atoms with Crippen molar-refractivity contribution in [2.75, 3.05) is 11.1 Å². The summed E-state index contributed by atoms with van der Waals surface area (Å²) in [6.07, 6.45) is -1.86. The van der Waals surface area contributed by atoms with Crippen LogP contribution in [0.1, 0.15) is 0 Å². The summed E-state index contributed by atoms with van der Waals surface area (Å²) in [6.45, 7) is 0. The highest BCUT2D eigenvalue weighted by Gasteiger charge is 2.16. The van der Waals surface area contributed by atoms with E-state index in [2.05, 4.69) is 4.98 Å².